The Morgan fingerprint density at radius 2 is 2.07 bits per heavy atom. The summed E-state index contributed by atoms with van der Waals surface area (Å²) in [6.45, 7) is 5.09. The van der Waals surface area contributed by atoms with Gasteiger partial charge in [0.25, 0.3) is 0 Å². The third kappa shape index (κ3) is 2.70. The summed E-state index contributed by atoms with van der Waals surface area (Å²) in [7, 11) is 0. The molecule has 1 unspecified atom stereocenters. The molecule has 0 saturated heterocycles. The Morgan fingerprint density at radius 1 is 1.40 bits per heavy atom. The van der Waals surface area contributed by atoms with Gasteiger partial charge in [0.1, 0.15) is 5.54 Å². The van der Waals surface area contributed by atoms with Crippen molar-refractivity contribution in [2.75, 3.05) is 19.6 Å². The smallest absolute Gasteiger partial charge is 0.119 e. The molecule has 2 saturated carbocycles. The first-order valence-electron chi connectivity index (χ1n) is 6.10. The van der Waals surface area contributed by atoms with Gasteiger partial charge in [-0.25, -0.2) is 0 Å². The fourth-order valence-corrected chi connectivity index (χ4v) is 2.20. The van der Waals surface area contributed by atoms with Crippen molar-refractivity contribution in [3.8, 4) is 6.07 Å². The van der Waals surface area contributed by atoms with Crippen LogP contribution in [-0.2, 0) is 0 Å². The lowest BCUT2D eigenvalue weighted by Crippen LogP contribution is -2.51. The van der Waals surface area contributed by atoms with E-state index in [1.54, 1.807) is 0 Å². The van der Waals surface area contributed by atoms with E-state index in [9.17, 15) is 5.26 Å². The molecule has 2 fully saturated rings. The van der Waals surface area contributed by atoms with Crippen LogP contribution in [0.25, 0.3) is 0 Å². The van der Waals surface area contributed by atoms with Gasteiger partial charge in [-0.15, -0.1) is 0 Å². The molecule has 0 spiro atoms. The minimum atomic E-state index is -0.578. The number of rotatable bonds is 6. The van der Waals surface area contributed by atoms with Crippen molar-refractivity contribution in [2.24, 2.45) is 17.6 Å². The Morgan fingerprint density at radius 3 is 2.47 bits per heavy atom. The van der Waals surface area contributed by atoms with Crippen LogP contribution in [0.15, 0.2) is 0 Å². The van der Waals surface area contributed by atoms with Gasteiger partial charge in [-0.3, -0.25) is 0 Å². The van der Waals surface area contributed by atoms with Crippen molar-refractivity contribution < 1.29 is 0 Å². The molecule has 84 valence electrons. The lowest BCUT2D eigenvalue weighted by atomic mass is 9.95. The van der Waals surface area contributed by atoms with Crippen molar-refractivity contribution in [3.63, 3.8) is 0 Å². The standard InChI is InChI=1S/C12H21N3/c1-2-15(7-10-3-4-10)9-12(14,8-13)11-5-6-11/h10-11H,2-7,9,14H2,1H3. The molecule has 0 heterocycles. The number of nitrogens with two attached hydrogens (primary N) is 1. The molecule has 3 heteroatoms. The molecule has 2 aliphatic carbocycles. The SMILES string of the molecule is CCN(CC1CC1)CC(N)(C#N)C1CC1. The molecule has 0 aromatic carbocycles. The van der Waals surface area contributed by atoms with Crippen LogP contribution >= 0.6 is 0 Å². The zero-order valence-electron chi connectivity index (χ0n) is 9.58. The van der Waals surface area contributed by atoms with Gasteiger partial charge in [0, 0.05) is 13.1 Å². The average molecular weight is 207 g/mol. The minimum absolute atomic E-state index is 0.454. The molecule has 1 atom stereocenters. The van der Waals surface area contributed by atoms with Crippen LogP contribution in [0.4, 0.5) is 0 Å². The minimum Gasteiger partial charge on any atom is -0.312 e. The third-order valence-corrected chi connectivity index (χ3v) is 3.66. The average Bonchev–Trinajstić information content (AvgIpc) is 3.07. The van der Waals surface area contributed by atoms with Crippen LogP contribution in [0.2, 0.25) is 0 Å². The van der Waals surface area contributed by atoms with E-state index in [-0.39, 0.29) is 0 Å². The molecule has 0 radical (unpaired) electrons. The molecule has 2 aliphatic rings. The van der Waals surface area contributed by atoms with E-state index < -0.39 is 5.54 Å². The molecule has 3 nitrogen and oxygen atoms in total. The van der Waals surface area contributed by atoms with E-state index in [2.05, 4.69) is 17.9 Å². The highest BCUT2D eigenvalue weighted by Gasteiger charge is 2.43. The number of likely N-dealkylation sites (N-methyl/N-ethyl adjacent to an activating group) is 1. The van der Waals surface area contributed by atoms with E-state index >= 15 is 0 Å². The van der Waals surface area contributed by atoms with Crippen LogP contribution in [0.5, 0.6) is 0 Å². The lowest BCUT2D eigenvalue weighted by Gasteiger charge is -2.29. The van der Waals surface area contributed by atoms with E-state index in [0.29, 0.717) is 5.92 Å². The van der Waals surface area contributed by atoms with E-state index in [4.69, 9.17) is 5.73 Å². The van der Waals surface area contributed by atoms with Crippen molar-refractivity contribution in [2.45, 2.75) is 38.1 Å². The van der Waals surface area contributed by atoms with Crippen LogP contribution in [-0.4, -0.2) is 30.1 Å². The maximum atomic E-state index is 9.19. The van der Waals surface area contributed by atoms with Gasteiger partial charge in [-0.2, -0.15) is 5.26 Å². The highest BCUT2D eigenvalue weighted by molar-refractivity contribution is 5.14. The van der Waals surface area contributed by atoms with Gasteiger partial charge in [0.05, 0.1) is 6.07 Å². The van der Waals surface area contributed by atoms with E-state index in [1.807, 2.05) is 0 Å². The van der Waals surface area contributed by atoms with Gasteiger partial charge in [0.2, 0.25) is 0 Å². The highest BCUT2D eigenvalue weighted by Crippen LogP contribution is 2.39. The van der Waals surface area contributed by atoms with Gasteiger partial charge in [0.15, 0.2) is 0 Å². The highest BCUT2D eigenvalue weighted by atomic mass is 15.1. The summed E-state index contributed by atoms with van der Waals surface area (Å²) < 4.78 is 0. The maximum Gasteiger partial charge on any atom is 0.119 e. The molecule has 15 heavy (non-hydrogen) atoms. The summed E-state index contributed by atoms with van der Waals surface area (Å²) in [6, 6.07) is 2.33. The Balaban J connectivity index is 1.88. The summed E-state index contributed by atoms with van der Waals surface area (Å²) in [5.74, 6) is 1.34. The number of nitrogens with zero attached hydrogens (tertiary/aromatic N) is 2. The third-order valence-electron chi connectivity index (χ3n) is 3.66. The van der Waals surface area contributed by atoms with Crippen LogP contribution < -0.4 is 5.73 Å². The zero-order chi connectivity index (χ0) is 10.9. The summed E-state index contributed by atoms with van der Waals surface area (Å²) >= 11 is 0. The van der Waals surface area contributed by atoms with Gasteiger partial charge in [-0.1, -0.05) is 6.92 Å². The molecular formula is C12H21N3. The van der Waals surface area contributed by atoms with Gasteiger partial charge >= 0.3 is 0 Å². The number of hydrogen-bond acceptors (Lipinski definition) is 3. The van der Waals surface area contributed by atoms with E-state index in [1.165, 1.54) is 12.8 Å². The molecule has 2 N–H and O–H groups in total. The quantitative estimate of drug-likeness (QED) is 0.715. The fourth-order valence-electron chi connectivity index (χ4n) is 2.20. The first-order valence-corrected chi connectivity index (χ1v) is 6.10. The second-order valence-corrected chi connectivity index (χ2v) is 5.20. The Kier molecular flexibility index (Phi) is 2.99. The van der Waals surface area contributed by atoms with Crippen LogP contribution in [0, 0.1) is 23.2 Å². The Hall–Kier alpha value is -0.590. The van der Waals surface area contributed by atoms with E-state index in [0.717, 1.165) is 38.4 Å². The zero-order valence-corrected chi connectivity index (χ0v) is 9.58. The molecule has 0 aliphatic heterocycles. The van der Waals surface area contributed by atoms with Crippen molar-refractivity contribution in [1.82, 2.24) is 4.90 Å². The summed E-state index contributed by atoms with van der Waals surface area (Å²) in [5, 5.41) is 9.19. The monoisotopic (exact) mass is 207 g/mol. The molecule has 0 aromatic rings. The first kappa shape index (κ1) is 10.9. The predicted octanol–water partition coefficient (Wildman–Crippen LogP) is 1.35. The molecule has 0 amide bonds. The largest absolute Gasteiger partial charge is 0.312 e. The topological polar surface area (TPSA) is 53.0 Å². The predicted molar refractivity (Wildman–Crippen MR) is 60.1 cm³/mol. The summed E-state index contributed by atoms with van der Waals surface area (Å²) in [4.78, 5) is 2.36. The normalized spacial score (nSPS) is 24.9. The fraction of sp³-hybridized carbons (Fsp3) is 0.917. The summed E-state index contributed by atoms with van der Waals surface area (Å²) in [6.07, 6.45) is 5.02. The van der Waals surface area contributed by atoms with Crippen LogP contribution in [0.1, 0.15) is 32.6 Å². The number of hydrogen-bond donors (Lipinski definition) is 1. The molecule has 0 bridgehead atoms. The molecular weight excluding hydrogens is 186 g/mol. The number of nitriles is 1. The summed E-state index contributed by atoms with van der Waals surface area (Å²) in [5.41, 5.74) is 5.59. The Bertz CT molecular complexity index is 263. The molecule has 2 rings (SSSR count). The maximum absolute atomic E-state index is 9.19. The van der Waals surface area contributed by atoms with Crippen LogP contribution in [0.3, 0.4) is 0 Å². The Labute approximate surface area is 92.2 Å². The van der Waals surface area contributed by atoms with Gasteiger partial charge in [-0.05, 0) is 44.1 Å². The lowest BCUT2D eigenvalue weighted by molar-refractivity contribution is 0.223. The second-order valence-electron chi connectivity index (χ2n) is 5.20. The second kappa shape index (κ2) is 4.11. The van der Waals surface area contributed by atoms with Crippen molar-refractivity contribution >= 4 is 0 Å². The van der Waals surface area contributed by atoms with Gasteiger partial charge < -0.3 is 10.6 Å². The van der Waals surface area contributed by atoms with Crippen molar-refractivity contribution in [3.05, 3.63) is 0 Å². The molecule has 0 aromatic heterocycles. The van der Waals surface area contributed by atoms with Crippen molar-refractivity contribution in [1.29, 1.82) is 5.26 Å². The first-order chi connectivity index (χ1) is 7.18.